The Morgan fingerprint density at radius 3 is 1.67 bits per heavy atom. The van der Waals surface area contributed by atoms with Gasteiger partial charge in [0.25, 0.3) is 0 Å². The van der Waals surface area contributed by atoms with Gasteiger partial charge in [-0.2, -0.15) is 0 Å². The van der Waals surface area contributed by atoms with E-state index in [1.165, 1.54) is 10.5 Å². The molecule has 0 unspecified atom stereocenters. The van der Waals surface area contributed by atoms with Crippen molar-refractivity contribution < 1.29 is 4.74 Å². The second-order valence-electron chi connectivity index (χ2n) is 3.59. The van der Waals surface area contributed by atoms with E-state index < -0.39 is 0 Å². The molecule has 0 fully saturated rings. The molecule has 2 aromatic carbocycles. The van der Waals surface area contributed by atoms with Crippen LogP contribution in [0.15, 0.2) is 53.4 Å². The molecule has 0 N–H and O–H groups in total. The van der Waals surface area contributed by atoms with Gasteiger partial charge in [-0.15, -0.1) is 11.8 Å². The Morgan fingerprint density at radius 2 is 1.22 bits per heavy atom. The highest BCUT2D eigenvalue weighted by atomic mass is 32.2. The monoisotopic (exact) mass is 260 g/mol. The number of hydrogen-bond acceptors (Lipinski definition) is 2. The van der Waals surface area contributed by atoms with E-state index in [-0.39, 0.29) is 0 Å². The summed E-state index contributed by atoms with van der Waals surface area (Å²) >= 11 is 1.73. The zero-order valence-electron chi connectivity index (χ0n) is 11.4. The average molecular weight is 260 g/mol. The molecule has 0 aliphatic rings. The van der Waals surface area contributed by atoms with E-state index in [4.69, 9.17) is 4.74 Å². The predicted molar refractivity (Wildman–Crippen MR) is 80.8 cm³/mol. The van der Waals surface area contributed by atoms with Crippen LogP contribution in [0.5, 0.6) is 11.5 Å². The van der Waals surface area contributed by atoms with E-state index in [0.717, 1.165) is 11.5 Å². The molecule has 2 heteroatoms. The molecule has 18 heavy (non-hydrogen) atoms. The maximum absolute atomic E-state index is 5.72. The van der Waals surface area contributed by atoms with Gasteiger partial charge in [0.1, 0.15) is 11.5 Å². The molecule has 96 valence electrons. The fourth-order valence-electron chi connectivity index (χ4n) is 1.39. The van der Waals surface area contributed by atoms with Crippen molar-refractivity contribution in [3.8, 4) is 11.5 Å². The topological polar surface area (TPSA) is 9.23 Å². The van der Waals surface area contributed by atoms with Crippen LogP contribution in [0.1, 0.15) is 19.4 Å². The zero-order valence-corrected chi connectivity index (χ0v) is 12.3. The summed E-state index contributed by atoms with van der Waals surface area (Å²) in [7, 11) is 0. The van der Waals surface area contributed by atoms with Crippen LogP contribution in [0.25, 0.3) is 0 Å². The predicted octanol–water partition coefficient (Wildman–Crippen LogP) is 5.54. The van der Waals surface area contributed by atoms with Crippen molar-refractivity contribution >= 4 is 11.8 Å². The average Bonchev–Trinajstić information content (AvgIpc) is 2.44. The van der Waals surface area contributed by atoms with Crippen molar-refractivity contribution in [3.05, 3.63) is 54.1 Å². The van der Waals surface area contributed by atoms with Crippen molar-refractivity contribution in [2.45, 2.75) is 25.7 Å². The second kappa shape index (κ2) is 7.83. The maximum Gasteiger partial charge on any atom is 0.127 e. The Balaban J connectivity index is 0.000000771. The third-order valence-corrected chi connectivity index (χ3v) is 3.06. The molecule has 0 aliphatic heterocycles. The van der Waals surface area contributed by atoms with Crippen molar-refractivity contribution in [2.24, 2.45) is 0 Å². The van der Waals surface area contributed by atoms with E-state index in [1.807, 2.05) is 50.2 Å². The van der Waals surface area contributed by atoms with Gasteiger partial charge in [-0.3, -0.25) is 0 Å². The summed E-state index contributed by atoms with van der Waals surface area (Å²) in [6.45, 7) is 6.07. The lowest BCUT2D eigenvalue weighted by molar-refractivity contribution is 0.482. The minimum Gasteiger partial charge on any atom is -0.457 e. The summed E-state index contributed by atoms with van der Waals surface area (Å²) in [5.74, 6) is 1.75. The lowest BCUT2D eigenvalue weighted by atomic mass is 10.2. The largest absolute Gasteiger partial charge is 0.457 e. The molecule has 0 heterocycles. The SMILES string of the molecule is CC.CSc1ccc(Oc2ccc(C)cc2)cc1. The molecular formula is C16H20OS. The lowest BCUT2D eigenvalue weighted by Gasteiger charge is -2.06. The molecule has 2 aromatic rings. The van der Waals surface area contributed by atoms with Gasteiger partial charge in [-0.1, -0.05) is 31.5 Å². The number of rotatable bonds is 3. The van der Waals surface area contributed by atoms with Gasteiger partial charge in [-0.25, -0.2) is 0 Å². The minimum absolute atomic E-state index is 0.877. The number of aryl methyl sites for hydroxylation is 1. The molecule has 0 radical (unpaired) electrons. The van der Waals surface area contributed by atoms with Crippen LogP contribution >= 0.6 is 11.8 Å². The van der Waals surface area contributed by atoms with Gasteiger partial charge in [0.15, 0.2) is 0 Å². The number of benzene rings is 2. The number of ether oxygens (including phenoxy) is 1. The third kappa shape index (κ3) is 4.46. The molecule has 0 amide bonds. The van der Waals surface area contributed by atoms with E-state index in [2.05, 4.69) is 25.3 Å². The van der Waals surface area contributed by atoms with E-state index in [0.29, 0.717) is 0 Å². The molecule has 0 saturated carbocycles. The van der Waals surface area contributed by atoms with Crippen LogP contribution in [-0.4, -0.2) is 6.26 Å². The van der Waals surface area contributed by atoms with Crippen molar-refractivity contribution in [2.75, 3.05) is 6.26 Å². The first-order chi connectivity index (χ1) is 8.78. The van der Waals surface area contributed by atoms with E-state index in [9.17, 15) is 0 Å². The Labute approximate surface area is 114 Å². The standard InChI is InChI=1S/C14H14OS.C2H6/c1-11-3-5-12(6-4-11)15-13-7-9-14(16-2)10-8-13;1-2/h3-10H,1-2H3;1-2H3. The van der Waals surface area contributed by atoms with Crippen molar-refractivity contribution in [1.29, 1.82) is 0 Å². The van der Waals surface area contributed by atoms with Crippen LogP contribution in [0.2, 0.25) is 0 Å². The van der Waals surface area contributed by atoms with Gasteiger partial charge in [-0.05, 0) is 49.6 Å². The molecule has 0 aromatic heterocycles. The van der Waals surface area contributed by atoms with Crippen molar-refractivity contribution in [3.63, 3.8) is 0 Å². The highest BCUT2D eigenvalue weighted by Gasteiger charge is 1.97. The van der Waals surface area contributed by atoms with Crippen LogP contribution < -0.4 is 4.74 Å². The molecule has 0 atom stereocenters. The normalized spacial score (nSPS) is 9.33. The van der Waals surface area contributed by atoms with E-state index in [1.54, 1.807) is 11.8 Å². The molecule has 2 rings (SSSR count). The summed E-state index contributed by atoms with van der Waals surface area (Å²) in [6, 6.07) is 16.2. The zero-order chi connectivity index (χ0) is 13.4. The first-order valence-electron chi connectivity index (χ1n) is 6.16. The van der Waals surface area contributed by atoms with Gasteiger partial charge < -0.3 is 4.74 Å². The minimum atomic E-state index is 0.877. The Bertz CT molecular complexity index is 446. The molecule has 0 spiro atoms. The third-order valence-electron chi connectivity index (χ3n) is 2.32. The Kier molecular flexibility index (Phi) is 6.37. The molecular weight excluding hydrogens is 240 g/mol. The summed E-state index contributed by atoms with van der Waals surface area (Å²) < 4.78 is 5.72. The molecule has 0 saturated heterocycles. The second-order valence-corrected chi connectivity index (χ2v) is 4.47. The summed E-state index contributed by atoms with van der Waals surface area (Å²) in [5, 5.41) is 0. The van der Waals surface area contributed by atoms with Gasteiger partial charge >= 0.3 is 0 Å². The van der Waals surface area contributed by atoms with Crippen LogP contribution in [-0.2, 0) is 0 Å². The van der Waals surface area contributed by atoms with Crippen LogP contribution in [0.3, 0.4) is 0 Å². The maximum atomic E-state index is 5.72. The fraction of sp³-hybridized carbons (Fsp3) is 0.250. The van der Waals surface area contributed by atoms with Crippen LogP contribution in [0, 0.1) is 6.92 Å². The smallest absolute Gasteiger partial charge is 0.127 e. The Hall–Kier alpha value is -1.41. The first-order valence-corrected chi connectivity index (χ1v) is 7.39. The van der Waals surface area contributed by atoms with Gasteiger partial charge in [0.2, 0.25) is 0 Å². The first kappa shape index (κ1) is 14.7. The van der Waals surface area contributed by atoms with E-state index >= 15 is 0 Å². The summed E-state index contributed by atoms with van der Waals surface area (Å²) in [5.41, 5.74) is 1.24. The number of hydrogen-bond donors (Lipinski definition) is 0. The van der Waals surface area contributed by atoms with Crippen molar-refractivity contribution in [1.82, 2.24) is 0 Å². The molecule has 1 nitrogen and oxygen atoms in total. The molecule has 0 bridgehead atoms. The Morgan fingerprint density at radius 1 is 0.778 bits per heavy atom. The summed E-state index contributed by atoms with van der Waals surface area (Å²) in [6.07, 6.45) is 2.07. The van der Waals surface area contributed by atoms with Gasteiger partial charge in [0, 0.05) is 4.90 Å². The quantitative estimate of drug-likeness (QED) is 0.670. The fourth-order valence-corrected chi connectivity index (χ4v) is 1.79. The highest BCUT2D eigenvalue weighted by molar-refractivity contribution is 7.98. The summed E-state index contributed by atoms with van der Waals surface area (Å²) in [4.78, 5) is 1.25. The molecule has 0 aliphatic carbocycles. The lowest BCUT2D eigenvalue weighted by Crippen LogP contribution is -1.83. The highest BCUT2D eigenvalue weighted by Crippen LogP contribution is 2.24. The number of thioether (sulfide) groups is 1. The van der Waals surface area contributed by atoms with Gasteiger partial charge in [0.05, 0.1) is 0 Å². The van der Waals surface area contributed by atoms with Crippen LogP contribution in [0.4, 0.5) is 0 Å².